The van der Waals surface area contributed by atoms with E-state index in [-0.39, 0.29) is 6.54 Å². The van der Waals surface area contributed by atoms with Crippen LogP contribution in [0.1, 0.15) is 34.2 Å². The fourth-order valence-electron chi connectivity index (χ4n) is 4.42. The molecule has 0 spiro atoms. The van der Waals surface area contributed by atoms with Gasteiger partial charge in [0.15, 0.2) is 0 Å². The SMILES string of the molecule is CNCCCOc1cc(C)c(-c2cccc(COc3ccc(Cn4oc(=O)[nH]c4=O)cc3)c2C)c(C)c1. The van der Waals surface area contributed by atoms with Crippen LogP contribution < -0.4 is 26.2 Å². The van der Waals surface area contributed by atoms with Crippen molar-refractivity contribution >= 4 is 0 Å². The van der Waals surface area contributed by atoms with Gasteiger partial charge in [0.05, 0.1) is 13.2 Å². The third-order valence-electron chi connectivity index (χ3n) is 6.33. The molecule has 0 saturated carbocycles. The van der Waals surface area contributed by atoms with E-state index in [1.807, 2.05) is 31.3 Å². The highest BCUT2D eigenvalue weighted by molar-refractivity contribution is 5.75. The fraction of sp³-hybridized carbons (Fsp3) is 0.310. The largest absolute Gasteiger partial charge is 0.494 e. The highest BCUT2D eigenvalue weighted by atomic mass is 16.5. The molecule has 0 unspecified atom stereocenters. The Morgan fingerprint density at radius 2 is 1.68 bits per heavy atom. The topological polar surface area (TPSA) is 98.5 Å². The Bertz CT molecular complexity index is 1440. The minimum atomic E-state index is -0.766. The lowest BCUT2D eigenvalue weighted by atomic mass is 9.90. The van der Waals surface area contributed by atoms with Gasteiger partial charge < -0.3 is 19.3 Å². The van der Waals surface area contributed by atoms with Crippen molar-refractivity contribution in [1.29, 1.82) is 0 Å². The van der Waals surface area contributed by atoms with E-state index in [0.717, 1.165) is 34.6 Å². The van der Waals surface area contributed by atoms with Crippen LogP contribution in [0.25, 0.3) is 11.1 Å². The summed E-state index contributed by atoms with van der Waals surface area (Å²) in [5, 5.41) is 3.14. The van der Waals surface area contributed by atoms with E-state index in [0.29, 0.717) is 19.0 Å². The first kappa shape index (κ1) is 26.0. The number of aromatic nitrogens is 2. The minimum Gasteiger partial charge on any atom is -0.494 e. The summed E-state index contributed by atoms with van der Waals surface area (Å²) in [5.74, 6) is 0.847. The molecule has 0 radical (unpaired) electrons. The van der Waals surface area contributed by atoms with E-state index in [1.165, 1.54) is 27.8 Å². The summed E-state index contributed by atoms with van der Waals surface area (Å²) in [7, 11) is 1.94. The molecule has 0 saturated heterocycles. The second-order valence-corrected chi connectivity index (χ2v) is 9.11. The summed E-state index contributed by atoms with van der Waals surface area (Å²) in [4.78, 5) is 24.9. The van der Waals surface area contributed by atoms with Crippen LogP contribution in [0.3, 0.4) is 0 Å². The van der Waals surface area contributed by atoms with Gasteiger partial charge in [-0.15, -0.1) is 4.74 Å². The first-order valence-corrected chi connectivity index (χ1v) is 12.4. The summed E-state index contributed by atoms with van der Waals surface area (Å²) >= 11 is 0. The Hall–Kier alpha value is -4.04. The smallest absolute Gasteiger partial charge is 0.440 e. The van der Waals surface area contributed by atoms with Crippen LogP contribution in [-0.2, 0) is 13.2 Å². The number of hydrogen-bond donors (Lipinski definition) is 2. The van der Waals surface area contributed by atoms with Crippen molar-refractivity contribution in [1.82, 2.24) is 15.0 Å². The Morgan fingerprint density at radius 3 is 2.32 bits per heavy atom. The minimum absolute atomic E-state index is 0.164. The van der Waals surface area contributed by atoms with Crippen LogP contribution in [-0.4, -0.2) is 29.9 Å². The molecule has 194 valence electrons. The van der Waals surface area contributed by atoms with Gasteiger partial charge in [0.1, 0.15) is 18.1 Å². The molecule has 0 fully saturated rings. The summed E-state index contributed by atoms with van der Waals surface area (Å²) < 4.78 is 17.8. The molecular formula is C29H33N3O5. The Morgan fingerprint density at radius 1 is 0.946 bits per heavy atom. The molecule has 8 heteroatoms. The van der Waals surface area contributed by atoms with Crippen LogP contribution >= 0.6 is 0 Å². The molecule has 3 aromatic carbocycles. The zero-order valence-electron chi connectivity index (χ0n) is 21.7. The van der Waals surface area contributed by atoms with Gasteiger partial charge in [-0.3, -0.25) is 0 Å². The second-order valence-electron chi connectivity index (χ2n) is 9.11. The summed E-state index contributed by atoms with van der Waals surface area (Å²) in [6.45, 7) is 8.59. The normalized spacial score (nSPS) is 11.0. The standard InChI is InChI=1S/C29H33N3O5/c1-19-15-25(35-14-6-13-30-4)16-20(2)27(19)26-8-5-7-23(21(26)3)18-36-24-11-9-22(10-12-24)17-32-28(33)31-29(34)37-32/h5,7-12,15-16,30H,6,13-14,17-18H2,1-4H3,(H,31,33,34). The average molecular weight is 504 g/mol. The third kappa shape index (κ3) is 6.40. The maximum Gasteiger partial charge on any atom is 0.440 e. The molecular weight excluding hydrogens is 470 g/mol. The van der Waals surface area contributed by atoms with Crippen molar-refractivity contribution in [2.45, 2.75) is 40.3 Å². The number of nitrogens with zero attached hydrogens (tertiary/aromatic N) is 1. The molecule has 1 heterocycles. The molecule has 0 bridgehead atoms. The van der Waals surface area contributed by atoms with Crippen LogP contribution in [0.5, 0.6) is 11.5 Å². The summed E-state index contributed by atoms with van der Waals surface area (Å²) in [6, 6.07) is 17.9. The Kier molecular flexibility index (Phi) is 8.30. The van der Waals surface area contributed by atoms with Gasteiger partial charge >= 0.3 is 11.4 Å². The number of benzene rings is 3. The van der Waals surface area contributed by atoms with Crippen molar-refractivity contribution in [3.8, 4) is 22.6 Å². The number of aryl methyl sites for hydroxylation is 2. The maximum absolute atomic E-state index is 11.6. The maximum atomic E-state index is 11.6. The zero-order valence-corrected chi connectivity index (χ0v) is 21.7. The summed E-state index contributed by atoms with van der Waals surface area (Å²) in [6.07, 6.45) is 0.964. The van der Waals surface area contributed by atoms with E-state index in [1.54, 1.807) is 0 Å². The highest BCUT2D eigenvalue weighted by Gasteiger charge is 2.13. The van der Waals surface area contributed by atoms with Gasteiger partial charge in [-0.05, 0) is 104 Å². The van der Waals surface area contributed by atoms with E-state index < -0.39 is 11.4 Å². The first-order chi connectivity index (χ1) is 17.9. The highest BCUT2D eigenvalue weighted by Crippen LogP contribution is 2.34. The molecule has 0 aliphatic carbocycles. The van der Waals surface area contributed by atoms with E-state index in [2.05, 4.69) is 61.4 Å². The van der Waals surface area contributed by atoms with Gasteiger partial charge in [-0.2, -0.15) is 0 Å². The third-order valence-corrected chi connectivity index (χ3v) is 6.33. The molecule has 4 rings (SSSR count). The van der Waals surface area contributed by atoms with E-state index in [4.69, 9.17) is 14.0 Å². The Balaban J connectivity index is 1.45. The van der Waals surface area contributed by atoms with Gasteiger partial charge in [0.2, 0.25) is 0 Å². The second kappa shape index (κ2) is 11.8. The van der Waals surface area contributed by atoms with Crippen molar-refractivity contribution in [3.63, 3.8) is 0 Å². The predicted octanol–water partition coefficient (Wildman–Crippen LogP) is 4.34. The lowest BCUT2D eigenvalue weighted by molar-refractivity contribution is 0.258. The number of H-pyrrole nitrogens is 1. The van der Waals surface area contributed by atoms with Crippen LogP contribution in [0, 0.1) is 20.8 Å². The molecule has 2 N–H and O–H groups in total. The first-order valence-electron chi connectivity index (χ1n) is 12.4. The number of rotatable bonds is 11. The summed E-state index contributed by atoms with van der Waals surface area (Å²) in [5.41, 5.74) is 7.29. The molecule has 8 nitrogen and oxygen atoms in total. The lowest BCUT2D eigenvalue weighted by Gasteiger charge is -2.18. The average Bonchev–Trinajstić information content (AvgIpc) is 3.18. The van der Waals surface area contributed by atoms with Gasteiger partial charge in [0.25, 0.3) is 0 Å². The number of aromatic amines is 1. The van der Waals surface area contributed by atoms with Crippen molar-refractivity contribution in [3.05, 3.63) is 103 Å². The van der Waals surface area contributed by atoms with Gasteiger partial charge in [-0.25, -0.2) is 14.6 Å². The molecule has 37 heavy (non-hydrogen) atoms. The van der Waals surface area contributed by atoms with Gasteiger partial charge in [0, 0.05) is 0 Å². The van der Waals surface area contributed by atoms with Crippen LogP contribution in [0.4, 0.5) is 0 Å². The number of hydrogen-bond acceptors (Lipinski definition) is 6. The Labute approximate surface area is 215 Å². The molecule has 0 aliphatic heterocycles. The number of ether oxygens (including phenoxy) is 2. The van der Waals surface area contributed by atoms with Crippen molar-refractivity contribution < 1.29 is 14.0 Å². The predicted molar refractivity (Wildman–Crippen MR) is 144 cm³/mol. The van der Waals surface area contributed by atoms with Crippen LogP contribution in [0.15, 0.2) is 68.7 Å². The molecule has 0 atom stereocenters. The van der Waals surface area contributed by atoms with E-state index in [9.17, 15) is 9.59 Å². The molecule has 4 aromatic rings. The zero-order chi connectivity index (χ0) is 26.4. The number of nitrogens with one attached hydrogen (secondary N) is 2. The molecule has 0 aliphatic rings. The molecule has 1 aromatic heterocycles. The van der Waals surface area contributed by atoms with Gasteiger partial charge in [-0.1, -0.05) is 30.3 Å². The van der Waals surface area contributed by atoms with Crippen molar-refractivity contribution in [2.75, 3.05) is 20.2 Å². The van der Waals surface area contributed by atoms with E-state index >= 15 is 0 Å². The lowest BCUT2D eigenvalue weighted by Crippen LogP contribution is -2.17. The monoisotopic (exact) mass is 503 g/mol. The van der Waals surface area contributed by atoms with Crippen LogP contribution in [0.2, 0.25) is 0 Å². The molecule has 0 amide bonds. The van der Waals surface area contributed by atoms with Crippen molar-refractivity contribution in [2.24, 2.45) is 0 Å². The quantitative estimate of drug-likeness (QED) is 0.296. The fourth-order valence-corrected chi connectivity index (χ4v) is 4.42.